The number of benzene rings is 1. The predicted molar refractivity (Wildman–Crippen MR) is 119 cm³/mol. The van der Waals surface area contributed by atoms with Gasteiger partial charge in [0.15, 0.2) is 5.82 Å². The monoisotopic (exact) mass is 417 g/mol. The van der Waals surface area contributed by atoms with Gasteiger partial charge in [0.2, 0.25) is 0 Å². The molecule has 2 fully saturated rings. The Bertz CT molecular complexity index is 929. The molecule has 2 aromatic heterocycles. The SMILES string of the molecule is c1ccc(Cn2nnnc2C(c2ccncc2)N2CCN(C3CCCCC3)CC2)cc1. The molecule has 0 N–H and O–H groups in total. The molecule has 31 heavy (non-hydrogen) atoms. The van der Waals surface area contributed by atoms with Crippen molar-refractivity contribution >= 4 is 0 Å². The van der Waals surface area contributed by atoms with Gasteiger partial charge >= 0.3 is 0 Å². The van der Waals surface area contributed by atoms with Gasteiger partial charge in [-0.1, -0.05) is 49.6 Å². The van der Waals surface area contributed by atoms with Gasteiger partial charge in [0.1, 0.15) is 0 Å². The molecule has 0 radical (unpaired) electrons. The molecule has 5 rings (SSSR count). The van der Waals surface area contributed by atoms with E-state index in [1.807, 2.05) is 23.1 Å². The number of nitrogens with zero attached hydrogens (tertiary/aromatic N) is 7. The second kappa shape index (κ2) is 9.66. The van der Waals surface area contributed by atoms with Crippen molar-refractivity contribution < 1.29 is 0 Å². The highest BCUT2D eigenvalue weighted by Crippen LogP contribution is 2.30. The van der Waals surface area contributed by atoms with Gasteiger partial charge in [-0.05, 0) is 46.5 Å². The number of hydrogen-bond donors (Lipinski definition) is 0. The minimum atomic E-state index is 0.0372. The van der Waals surface area contributed by atoms with Crippen LogP contribution in [0, 0.1) is 0 Å². The van der Waals surface area contributed by atoms with Gasteiger partial charge in [-0.25, -0.2) is 4.68 Å². The summed E-state index contributed by atoms with van der Waals surface area (Å²) in [6, 6.07) is 15.4. The van der Waals surface area contributed by atoms with Crippen molar-refractivity contribution in [2.24, 2.45) is 0 Å². The standard InChI is InChI=1S/C24H31N7/c1-3-7-20(8-4-1)19-31-24(26-27-28-31)23(21-11-13-25-14-12-21)30-17-15-29(16-18-30)22-9-5-2-6-10-22/h1,3-4,7-8,11-14,22-23H,2,5-6,9-10,15-19H2. The Balaban J connectivity index is 1.37. The third kappa shape index (κ3) is 4.67. The molecule has 7 heteroatoms. The molecule has 7 nitrogen and oxygen atoms in total. The van der Waals surface area contributed by atoms with Crippen LogP contribution in [0.4, 0.5) is 0 Å². The number of pyridine rings is 1. The first-order valence-electron chi connectivity index (χ1n) is 11.6. The third-order valence-electron chi connectivity index (χ3n) is 6.81. The van der Waals surface area contributed by atoms with E-state index in [4.69, 9.17) is 0 Å². The Morgan fingerprint density at radius 3 is 2.35 bits per heavy atom. The van der Waals surface area contributed by atoms with Crippen LogP contribution in [0.5, 0.6) is 0 Å². The lowest BCUT2D eigenvalue weighted by Gasteiger charge is -2.43. The van der Waals surface area contributed by atoms with Crippen LogP contribution in [-0.2, 0) is 6.54 Å². The zero-order chi connectivity index (χ0) is 20.9. The van der Waals surface area contributed by atoms with Crippen molar-refractivity contribution in [3.05, 3.63) is 71.8 Å². The molecule has 1 aliphatic heterocycles. The van der Waals surface area contributed by atoms with E-state index in [0.717, 1.165) is 38.0 Å². The van der Waals surface area contributed by atoms with Crippen molar-refractivity contribution in [1.29, 1.82) is 0 Å². The second-order valence-electron chi connectivity index (χ2n) is 8.73. The van der Waals surface area contributed by atoms with Gasteiger partial charge in [0.25, 0.3) is 0 Å². The van der Waals surface area contributed by atoms with Crippen LogP contribution in [0.15, 0.2) is 54.9 Å². The zero-order valence-corrected chi connectivity index (χ0v) is 18.1. The number of tetrazole rings is 1. The quantitative estimate of drug-likeness (QED) is 0.614. The third-order valence-corrected chi connectivity index (χ3v) is 6.81. The first-order chi connectivity index (χ1) is 15.4. The number of hydrogen-bond acceptors (Lipinski definition) is 6. The average Bonchev–Trinajstić information content (AvgIpc) is 3.29. The summed E-state index contributed by atoms with van der Waals surface area (Å²) in [6.45, 7) is 4.97. The molecule has 1 saturated carbocycles. The highest BCUT2D eigenvalue weighted by atomic mass is 15.6. The summed E-state index contributed by atoms with van der Waals surface area (Å²) in [5.74, 6) is 0.904. The van der Waals surface area contributed by atoms with E-state index < -0.39 is 0 Å². The molecule has 0 bridgehead atoms. The van der Waals surface area contributed by atoms with Gasteiger partial charge in [-0.15, -0.1) is 5.10 Å². The number of aromatic nitrogens is 5. The van der Waals surface area contributed by atoms with Crippen LogP contribution in [0.25, 0.3) is 0 Å². The van der Waals surface area contributed by atoms with Crippen LogP contribution in [0.2, 0.25) is 0 Å². The van der Waals surface area contributed by atoms with Gasteiger partial charge in [0, 0.05) is 44.6 Å². The van der Waals surface area contributed by atoms with Crippen LogP contribution in [0.3, 0.4) is 0 Å². The van der Waals surface area contributed by atoms with Gasteiger partial charge in [-0.3, -0.25) is 14.8 Å². The number of rotatable bonds is 6. The summed E-state index contributed by atoms with van der Waals surface area (Å²) >= 11 is 0. The molecule has 0 amide bonds. The second-order valence-corrected chi connectivity index (χ2v) is 8.73. The summed E-state index contributed by atoms with van der Waals surface area (Å²) < 4.78 is 1.95. The topological polar surface area (TPSA) is 63.0 Å². The molecule has 2 aliphatic rings. The fraction of sp³-hybridized carbons (Fsp3) is 0.500. The molecule has 1 atom stereocenters. The van der Waals surface area contributed by atoms with E-state index in [9.17, 15) is 0 Å². The Morgan fingerprint density at radius 2 is 1.61 bits per heavy atom. The summed E-state index contributed by atoms with van der Waals surface area (Å²) in [5, 5.41) is 12.9. The maximum Gasteiger partial charge on any atom is 0.173 e. The van der Waals surface area contributed by atoms with Crippen LogP contribution >= 0.6 is 0 Å². The van der Waals surface area contributed by atoms with Gasteiger partial charge < -0.3 is 0 Å². The minimum Gasteiger partial charge on any atom is -0.298 e. The van der Waals surface area contributed by atoms with Gasteiger partial charge in [-0.2, -0.15) is 0 Å². The summed E-state index contributed by atoms with van der Waals surface area (Å²) in [4.78, 5) is 9.49. The Kier molecular flexibility index (Phi) is 6.32. The lowest BCUT2D eigenvalue weighted by atomic mass is 9.93. The lowest BCUT2D eigenvalue weighted by molar-refractivity contribution is 0.0620. The van der Waals surface area contributed by atoms with Crippen LogP contribution in [-0.4, -0.2) is 67.2 Å². The largest absolute Gasteiger partial charge is 0.298 e. The van der Waals surface area contributed by atoms with Crippen molar-refractivity contribution in [2.45, 2.75) is 50.7 Å². The molecule has 162 valence electrons. The highest BCUT2D eigenvalue weighted by molar-refractivity contribution is 5.23. The predicted octanol–water partition coefficient (Wildman–Crippen LogP) is 3.16. The maximum atomic E-state index is 4.50. The fourth-order valence-electron chi connectivity index (χ4n) is 5.15. The zero-order valence-electron chi connectivity index (χ0n) is 18.1. The molecule has 1 aromatic carbocycles. The van der Waals surface area contributed by atoms with E-state index in [-0.39, 0.29) is 6.04 Å². The highest BCUT2D eigenvalue weighted by Gasteiger charge is 2.32. The van der Waals surface area contributed by atoms with Crippen molar-refractivity contribution in [3.63, 3.8) is 0 Å². The Morgan fingerprint density at radius 1 is 0.871 bits per heavy atom. The molecule has 0 spiro atoms. The lowest BCUT2D eigenvalue weighted by Crippen LogP contribution is -2.52. The van der Waals surface area contributed by atoms with E-state index in [2.05, 4.69) is 66.7 Å². The Hall–Kier alpha value is -2.64. The maximum absolute atomic E-state index is 4.50. The first-order valence-corrected chi connectivity index (χ1v) is 11.6. The van der Waals surface area contributed by atoms with Crippen molar-refractivity contribution in [1.82, 2.24) is 35.0 Å². The first kappa shape index (κ1) is 20.3. The molecular formula is C24H31N7. The van der Waals surface area contributed by atoms with E-state index in [0.29, 0.717) is 6.54 Å². The number of piperazine rings is 1. The molecule has 1 unspecified atom stereocenters. The summed E-state index contributed by atoms with van der Waals surface area (Å²) in [5.41, 5.74) is 2.40. The fourth-order valence-corrected chi connectivity index (χ4v) is 5.15. The Labute approximate surface area is 184 Å². The average molecular weight is 418 g/mol. The molecule has 1 aliphatic carbocycles. The summed E-state index contributed by atoms with van der Waals surface area (Å²) in [6.07, 6.45) is 10.6. The van der Waals surface area contributed by atoms with Gasteiger partial charge in [0.05, 0.1) is 12.6 Å². The van der Waals surface area contributed by atoms with Crippen molar-refractivity contribution in [3.8, 4) is 0 Å². The van der Waals surface area contributed by atoms with Crippen molar-refractivity contribution in [2.75, 3.05) is 26.2 Å². The van der Waals surface area contributed by atoms with E-state index in [1.165, 1.54) is 43.2 Å². The molecule has 3 heterocycles. The van der Waals surface area contributed by atoms with Crippen LogP contribution in [0.1, 0.15) is 55.1 Å². The smallest absolute Gasteiger partial charge is 0.173 e. The normalized spacial score (nSPS) is 20.0. The van der Waals surface area contributed by atoms with Crippen LogP contribution < -0.4 is 0 Å². The molecule has 3 aromatic rings. The van der Waals surface area contributed by atoms with E-state index in [1.54, 1.807) is 0 Å². The molecular weight excluding hydrogens is 386 g/mol. The molecule has 1 saturated heterocycles. The minimum absolute atomic E-state index is 0.0372. The summed E-state index contributed by atoms with van der Waals surface area (Å²) in [7, 11) is 0. The van der Waals surface area contributed by atoms with E-state index >= 15 is 0 Å².